The summed E-state index contributed by atoms with van der Waals surface area (Å²) in [5.41, 5.74) is 0.781. The van der Waals surface area contributed by atoms with Crippen molar-refractivity contribution in [2.24, 2.45) is 11.8 Å². The number of hydrogen-bond donors (Lipinski definition) is 3. The van der Waals surface area contributed by atoms with Gasteiger partial charge in [0.05, 0.1) is 11.9 Å². The van der Waals surface area contributed by atoms with Gasteiger partial charge < -0.3 is 25.8 Å². The van der Waals surface area contributed by atoms with Crippen LogP contribution in [0.3, 0.4) is 0 Å². The maximum Gasteiger partial charge on any atom is 0.276 e. The van der Waals surface area contributed by atoms with Gasteiger partial charge in [0.1, 0.15) is 28.5 Å². The Bertz CT molecular complexity index is 1620. The molecule has 3 heterocycles. The summed E-state index contributed by atoms with van der Waals surface area (Å²) in [7, 11) is 1.98. The third-order valence-electron chi connectivity index (χ3n) is 9.61. The molecule has 49 heavy (non-hydrogen) atoms. The molecule has 264 valence electrons. The highest BCUT2D eigenvalue weighted by Gasteiger charge is 2.36. The summed E-state index contributed by atoms with van der Waals surface area (Å²) < 4.78 is 24.3. The van der Waals surface area contributed by atoms with Crippen LogP contribution in [0.4, 0.5) is 10.1 Å². The van der Waals surface area contributed by atoms with Crippen LogP contribution in [0.25, 0.3) is 0 Å². The molecule has 3 atom stereocenters. The molecule has 1 aromatic carbocycles. The van der Waals surface area contributed by atoms with Crippen molar-refractivity contribution in [1.29, 1.82) is 0 Å². The van der Waals surface area contributed by atoms with E-state index >= 15 is 4.39 Å². The lowest BCUT2D eigenvalue weighted by atomic mass is 9.79. The number of hydrogen-bond acceptors (Lipinski definition) is 11. The number of aromatic nitrogens is 4. The van der Waals surface area contributed by atoms with Gasteiger partial charge >= 0.3 is 0 Å². The zero-order chi connectivity index (χ0) is 35.2. The number of nitrogens with zero attached hydrogens (tertiary/aromatic N) is 6. The molecule has 0 radical (unpaired) electrons. The zero-order valence-corrected chi connectivity index (χ0v) is 29.3. The standard InChI is InChI=1S/C33H44FN9O5S/c1-18(2)26-29(40-48-39-26)32(46)38-28(21-8-6-19(3)7-9-21)31(45)36-24-11-10-22(16-23(24)34)20(4)27(37-30(44)25-17-35-41-49-25)33(47)43-14-12-42(5)13-15-43/h10-11,16-21,27-28H,6-9,12-15H2,1-5H3,(H,36,45)(H,37,44)(H,38,46)/t19-,20-,21-,27+,28-/m0/s1. The van der Waals surface area contributed by atoms with E-state index in [2.05, 4.69) is 47.7 Å². The molecule has 14 nitrogen and oxygen atoms in total. The molecule has 3 N–H and O–H groups in total. The van der Waals surface area contributed by atoms with Crippen LogP contribution < -0.4 is 16.0 Å². The second-order valence-electron chi connectivity index (χ2n) is 13.5. The molecule has 4 amide bonds. The van der Waals surface area contributed by atoms with Crippen molar-refractivity contribution in [2.75, 3.05) is 38.5 Å². The molecule has 2 aromatic heterocycles. The van der Waals surface area contributed by atoms with E-state index in [1.165, 1.54) is 18.3 Å². The topological polar surface area (TPSA) is 176 Å². The number of benzene rings is 1. The second-order valence-corrected chi connectivity index (χ2v) is 14.3. The SMILES string of the molecule is CC(C)c1nonc1C(=O)N[C@H](C(=O)Nc1ccc([C@H](C)[C@@H](NC(=O)c2cnns2)C(=O)N2CCN(C)CC2)cc1F)[C@H]1CC[C@H](C)CC1. The van der Waals surface area contributed by atoms with Gasteiger partial charge in [0.25, 0.3) is 11.8 Å². The molecule has 1 saturated heterocycles. The maximum absolute atomic E-state index is 15.8. The molecule has 1 aliphatic heterocycles. The van der Waals surface area contributed by atoms with Crippen molar-refractivity contribution in [1.82, 2.24) is 40.3 Å². The average molecular weight is 698 g/mol. The number of likely N-dealkylation sites (N-methyl/N-ethyl adjacent to an activating group) is 1. The first kappa shape index (κ1) is 36.0. The van der Waals surface area contributed by atoms with E-state index < -0.39 is 41.5 Å². The smallest absolute Gasteiger partial charge is 0.276 e. The molecule has 3 aromatic rings. The van der Waals surface area contributed by atoms with Crippen molar-refractivity contribution in [3.63, 3.8) is 0 Å². The van der Waals surface area contributed by atoms with E-state index in [-0.39, 0.29) is 34.0 Å². The number of carbonyl (C=O) groups excluding carboxylic acids is 4. The fraction of sp³-hybridized carbons (Fsp3) is 0.576. The number of halogens is 1. The molecule has 1 aliphatic carbocycles. The summed E-state index contributed by atoms with van der Waals surface area (Å²) in [4.78, 5) is 57.9. The Morgan fingerprint density at radius 2 is 1.69 bits per heavy atom. The molecule has 2 aliphatic rings. The Hall–Kier alpha value is -4.31. The van der Waals surface area contributed by atoms with E-state index in [1.54, 1.807) is 17.9 Å². The number of rotatable bonds is 11. The summed E-state index contributed by atoms with van der Waals surface area (Å²) in [6, 6.07) is 2.38. The fourth-order valence-corrected chi connectivity index (χ4v) is 6.80. The average Bonchev–Trinajstić information content (AvgIpc) is 3.81. The number of amides is 4. The van der Waals surface area contributed by atoms with Crippen LogP contribution in [0.15, 0.2) is 29.0 Å². The van der Waals surface area contributed by atoms with Crippen molar-refractivity contribution in [3.8, 4) is 0 Å². The van der Waals surface area contributed by atoms with Crippen molar-refractivity contribution in [2.45, 2.75) is 77.3 Å². The molecule has 1 saturated carbocycles. The van der Waals surface area contributed by atoms with E-state index in [4.69, 9.17) is 4.63 Å². The Labute approximate surface area is 288 Å². The maximum atomic E-state index is 15.8. The largest absolute Gasteiger partial charge is 0.339 e. The molecule has 0 unspecified atom stereocenters. The van der Waals surface area contributed by atoms with Gasteiger partial charge in [-0.25, -0.2) is 9.02 Å². The van der Waals surface area contributed by atoms with Gasteiger partial charge in [0, 0.05) is 38.0 Å². The molecule has 0 spiro atoms. The fourth-order valence-electron chi connectivity index (χ4n) is 6.38. The first-order valence-corrected chi connectivity index (χ1v) is 17.5. The van der Waals surface area contributed by atoms with Gasteiger partial charge in [-0.3, -0.25) is 19.2 Å². The molecular weight excluding hydrogens is 653 g/mol. The van der Waals surface area contributed by atoms with Gasteiger partial charge in [-0.2, -0.15) is 0 Å². The van der Waals surface area contributed by atoms with Crippen molar-refractivity contribution >= 4 is 40.8 Å². The Balaban J connectivity index is 1.34. The number of carbonyl (C=O) groups is 4. The van der Waals surface area contributed by atoms with Crippen LogP contribution in [-0.4, -0.2) is 98.6 Å². The van der Waals surface area contributed by atoms with Crippen molar-refractivity contribution in [3.05, 3.63) is 52.0 Å². The summed E-state index contributed by atoms with van der Waals surface area (Å²) in [6.45, 7) is 10.00. The summed E-state index contributed by atoms with van der Waals surface area (Å²) in [5.74, 6) is -3.03. The highest BCUT2D eigenvalue weighted by atomic mass is 32.1. The van der Waals surface area contributed by atoms with Gasteiger partial charge in [0.2, 0.25) is 11.8 Å². The number of piperazine rings is 1. The molecule has 5 rings (SSSR count). The minimum Gasteiger partial charge on any atom is -0.339 e. The van der Waals surface area contributed by atoms with E-state index in [9.17, 15) is 19.2 Å². The predicted molar refractivity (Wildman–Crippen MR) is 179 cm³/mol. The molecular formula is C33H44FN9O5S. The lowest BCUT2D eigenvalue weighted by Crippen LogP contribution is -2.55. The Morgan fingerprint density at radius 3 is 2.33 bits per heavy atom. The third kappa shape index (κ3) is 8.65. The second kappa shape index (κ2) is 15.9. The molecule has 2 fully saturated rings. The van der Waals surface area contributed by atoms with Crippen LogP contribution in [0, 0.1) is 17.7 Å². The quantitative estimate of drug-likeness (QED) is 0.269. The molecule has 16 heteroatoms. The van der Waals surface area contributed by atoms with Gasteiger partial charge in [-0.05, 0) is 66.1 Å². The van der Waals surface area contributed by atoms with E-state index in [1.807, 2.05) is 20.9 Å². The van der Waals surface area contributed by atoms with Crippen LogP contribution in [0.5, 0.6) is 0 Å². The van der Waals surface area contributed by atoms with E-state index in [0.717, 1.165) is 37.2 Å². The summed E-state index contributed by atoms with van der Waals surface area (Å²) in [6.07, 6.45) is 4.57. The van der Waals surface area contributed by atoms with Gasteiger partial charge in [-0.15, -0.1) is 5.10 Å². The Morgan fingerprint density at radius 1 is 0.980 bits per heavy atom. The van der Waals surface area contributed by atoms with Crippen LogP contribution in [-0.2, 0) is 9.59 Å². The minimum atomic E-state index is -0.993. The number of nitrogens with one attached hydrogen (secondary N) is 3. The first-order valence-electron chi connectivity index (χ1n) is 16.7. The third-order valence-corrected chi connectivity index (χ3v) is 10.3. The summed E-state index contributed by atoms with van der Waals surface area (Å²) in [5, 5.41) is 19.7. The highest BCUT2D eigenvalue weighted by molar-refractivity contribution is 7.07. The lowest BCUT2D eigenvalue weighted by Gasteiger charge is -2.36. The van der Waals surface area contributed by atoms with Crippen LogP contribution >= 0.6 is 11.5 Å². The summed E-state index contributed by atoms with van der Waals surface area (Å²) >= 11 is 0.913. The number of anilines is 1. The van der Waals surface area contributed by atoms with Gasteiger partial charge in [-0.1, -0.05) is 56.2 Å². The molecule has 0 bridgehead atoms. The lowest BCUT2D eigenvalue weighted by molar-refractivity contribution is -0.135. The van der Waals surface area contributed by atoms with Crippen LogP contribution in [0.1, 0.15) is 96.6 Å². The predicted octanol–water partition coefficient (Wildman–Crippen LogP) is 3.42. The van der Waals surface area contributed by atoms with Crippen LogP contribution in [0.2, 0.25) is 0 Å². The van der Waals surface area contributed by atoms with E-state index in [0.29, 0.717) is 43.4 Å². The van der Waals surface area contributed by atoms with Gasteiger partial charge in [0.15, 0.2) is 5.69 Å². The highest BCUT2D eigenvalue weighted by Crippen LogP contribution is 2.32. The zero-order valence-electron chi connectivity index (χ0n) is 28.4. The minimum absolute atomic E-state index is 0.0147. The first-order chi connectivity index (χ1) is 23.4. The monoisotopic (exact) mass is 697 g/mol. The normalized spacial score (nSPS) is 20.3. The van der Waals surface area contributed by atoms with Crippen molar-refractivity contribution < 1.29 is 28.2 Å². The Kier molecular flexibility index (Phi) is 11.7.